The second-order valence-corrected chi connectivity index (χ2v) is 4.85. The van der Waals surface area contributed by atoms with Crippen LogP contribution in [0, 0.1) is 5.92 Å². The lowest BCUT2D eigenvalue weighted by Crippen LogP contribution is -2.37. The molecule has 1 aliphatic rings. The number of hydrogen-bond acceptors (Lipinski definition) is 4. The van der Waals surface area contributed by atoms with E-state index in [9.17, 15) is 9.90 Å². The lowest BCUT2D eigenvalue weighted by Gasteiger charge is -2.37. The van der Waals surface area contributed by atoms with Gasteiger partial charge in [-0.25, -0.2) is 0 Å². The summed E-state index contributed by atoms with van der Waals surface area (Å²) in [4.78, 5) is 18.1. The summed E-state index contributed by atoms with van der Waals surface area (Å²) >= 11 is 0. The molecule has 1 saturated carbocycles. The SMILES string of the molecule is COC1(c2nc(O)cc(=O)[nH]2)CCCC(C)C1. The van der Waals surface area contributed by atoms with Crippen LogP contribution in [0.1, 0.15) is 38.4 Å². The van der Waals surface area contributed by atoms with Crippen molar-refractivity contribution in [3.63, 3.8) is 0 Å². The van der Waals surface area contributed by atoms with Crippen LogP contribution >= 0.6 is 0 Å². The molecule has 0 amide bonds. The van der Waals surface area contributed by atoms with E-state index in [0.717, 1.165) is 31.7 Å². The highest BCUT2D eigenvalue weighted by molar-refractivity contribution is 5.12. The van der Waals surface area contributed by atoms with E-state index in [1.54, 1.807) is 7.11 Å². The summed E-state index contributed by atoms with van der Waals surface area (Å²) in [5, 5.41) is 9.41. The van der Waals surface area contributed by atoms with Crippen molar-refractivity contribution in [2.75, 3.05) is 7.11 Å². The van der Waals surface area contributed by atoms with E-state index in [4.69, 9.17) is 4.74 Å². The third-order valence-corrected chi connectivity index (χ3v) is 3.51. The third-order valence-electron chi connectivity index (χ3n) is 3.51. The van der Waals surface area contributed by atoms with Crippen LogP contribution in [-0.4, -0.2) is 22.2 Å². The van der Waals surface area contributed by atoms with Crippen LogP contribution in [0.25, 0.3) is 0 Å². The van der Waals surface area contributed by atoms with Gasteiger partial charge in [-0.05, 0) is 25.2 Å². The predicted octanol–water partition coefficient (Wildman–Crippen LogP) is 1.53. The molecule has 1 heterocycles. The lowest BCUT2D eigenvalue weighted by atomic mass is 9.78. The molecule has 0 radical (unpaired) electrons. The number of rotatable bonds is 2. The molecule has 17 heavy (non-hydrogen) atoms. The summed E-state index contributed by atoms with van der Waals surface area (Å²) in [7, 11) is 1.63. The molecule has 0 saturated heterocycles. The van der Waals surface area contributed by atoms with E-state index < -0.39 is 5.60 Å². The highest BCUT2D eigenvalue weighted by atomic mass is 16.5. The van der Waals surface area contributed by atoms with Gasteiger partial charge in [-0.15, -0.1) is 0 Å². The van der Waals surface area contributed by atoms with Gasteiger partial charge in [0.25, 0.3) is 5.56 Å². The van der Waals surface area contributed by atoms with Gasteiger partial charge in [-0.3, -0.25) is 4.79 Å². The average Bonchev–Trinajstić information content (AvgIpc) is 2.27. The number of aromatic nitrogens is 2. The van der Waals surface area contributed by atoms with Crippen LogP contribution in [0.3, 0.4) is 0 Å². The number of aromatic amines is 1. The molecule has 5 nitrogen and oxygen atoms in total. The molecule has 2 rings (SSSR count). The molecule has 1 aliphatic carbocycles. The lowest BCUT2D eigenvalue weighted by molar-refractivity contribution is -0.0651. The Morgan fingerprint density at radius 2 is 2.41 bits per heavy atom. The summed E-state index contributed by atoms with van der Waals surface area (Å²) < 4.78 is 5.60. The second kappa shape index (κ2) is 4.49. The predicted molar refractivity (Wildman–Crippen MR) is 62.8 cm³/mol. The monoisotopic (exact) mass is 238 g/mol. The Balaban J connectivity index is 2.43. The van der Waals surface area contributed by atoms with Crippen molar-refractivity contribution >= 4 is 0 Å². The van der Waals surface area contributed by atoms with Gasteiger partial charge in [0, 0.05) is 7.11 Å². The van der Waals surface area contributed by atoms with Crippen molar-refractivity contribution in [1.82, 2.24) is 9.97 Å². The minimum Gasteiger partial charge on any atom is -0.493 e. The molecule has 0 spiro atoms. The fraction of sp³-hybridized carbons (Fsp3) is 0.667. The van der Waals surface area contributed by atoms with Crippen LogP contribution in [0.2, 0.25) is 0 Å². The fourth-order valence-corrected chi connectivity index (χ4v) is 2.66. The first-order chi connectivity index (χ1) is 8.05. The van der Waals surface area contributed by atoms with Crippen LogP contribution in [0.5, 0.6) is 5.88 Å². The van der Waals surface area contributed by atoms with E-state index in [1.165, 1.54) is 0 Å². The maximum Gasteiger partial charge on any atom is 0.254 e. The summed E-state index contributed by atoms with van der Waals surface area (Å²) in [6, 6.07) is 1.07. The Kier molecular flexibility index (Phi) is 3.19. The first-order valence-corrected chi connectivity index (χ1v) is 5.92. The third kappa shape index (κ3) is 2.34. The minimum atomic E-state index is -0.560. The van der Waals surface area contributed by atoms with Crippen LogP contribution in [0.15, 0.2) is 10.9 Å². The van der Waals surface area contributed by atoms with Crippen molar-refractivity contribution in [1.29, 1.82) is 0 Å². The smallest absolute Gasteiger partial charge is 0.254 e. The molecule has 2 N–H and O–H groups in total. The molecule has 1 fully saturated rings. The molecule has 5 heteroatoms. The fourth-order valence-electron chi connectivity index (χ4n) is 2.66. The standard InChI is InChI=1S/C12H18N2O3/c1-8-4-3-5-12(7-8,17-2)11-13-9(15)6-10(16)14-11/h6,8H,3-5,7H2,1-2H3,(H2,13,14,15,16). The Hall–Kier alpha value is -1.36. The number of hydrogen-bond donors (Lipinski definition) is 2. The van der Waals surface area contributed by atoms with Crippen molar-refractivity contribution < 1.29 is 9.84 Å². The summed E-state index contributed by atoms with van der Waals surface area (Å²) in [5.74, 6) is 0.714. The van der Waals surface area contributed by atoms with Crippen LogP contribution in [-0.2, 0) is 10.3 Å². The highest BCUT2D eigenvalue weighted by Gasteiger charge is 2.39. The average molecular weight is 238 g/mol. The van der Waals surface area contributed by atoms with Gasteiger partial charge in [-0.1, -0.05) is 13.3 Å². The summed E-state index contributed by atoms with van der Waals surface area (Å²) in [5.41, 5.74) is -0.905. The quantitative estimate of drug-likeness (QED) is 0.819. The molecule has 1 aromatic rings. The molecule has 2 unspecified atom stereocenters. The van der Waals surface area contributed by atoms with Crippen molar-refractivity contribution in [2.24, 2.45) is 5.92 Å². The topological polar surface area (TPSA) is 75.2 Å². The van der Waals surface area contributed by atoms with Crippen LogP contribution in [0.4, 0.5) is 0 Å². The van der Waals surface area contributed by atoms with Gasteiger partial charge >= 0.3 is 0 Å². The molecule has 1 aromatic heterocycles. The number of H-pyrrole nitrogens is 1. The number of ether oxygens (including phenoxy) is 1. The number of nitrogens with zero attached hydrogens (tertiary/aromatic N) is 1. The number of nitrogens with one attached hydrogen (secondary N) is 1. The van der Waals surface area contributed by atoms with Crippen molar-refractivity contribution in [3.05, 3.63) is 22.2 Å². The minimum absolute atomic E-state index is 0.251. The number of aromatic hydroxyl groups is 1. The summed E-state index contributed by atoms with van der Waals surface area (Å²) in [6.45, 7) is 2.16. The van der Waals surface area contributed by atoms with Gasteiger partial charge in [0.05, 0.1) is 6.07 Å². The maximum atomic E-state index is 11.4. The zero-order chi connectivity index (χ0) is 12.5. The Morgan fingerprint density at radius 3 is 3.00 bits per heavy atom. The Morgan fingerprint density at radius 1 is 1.65 bits per heavy atom. The molecule has 2 atom stereocenters. The first-order valence-electron chi connectivity index (χ1n) is 5.92. The zero-order valence-electron chi connectivity index (χ0n) is 10.2. The normalized spacial score (nSPS) is 29.2. The molecular weight excluding hydrogens is 220 g/mol. The largest absolute Gasteiger partial charge is 0.493 e. The zero-order valence-corrected chi connectivity index (χ0v) is 10.2. The molecule has 0 bridgehead atoms. The van der Waals surface area contributed by atoms with E-state index >= 15 is 0 Å². The van der Waals surface area contributed by atoms with Crippen molar-refractivity contribution in [3.8, 4) is 5.88 Å². The molecule has 0 aliphatic heterocycles. The molecule has 94 valence electrons. The van der Waals surface area contributed by atoms with Crippen LogP contribution < -0.4 is 5.56 Å². The summed E-state index contributed by atoms with van der Waals surface area (Å²) in [6.07, 6.45) is 3.83. The highest BCUT2D eigenvalue weighted by Crippen LogP contribution is 2.40. The second-order valence-electron chi connectivity index (χ2n) is 4.85. The van der Waals surface area contributed by atoms with Gasteiger partial charge < -0.3 is 14.8 Å². The number of methoxy groups -OCH3 is 1. The maximum absolute atomic E-state index is 11.4. The van der Waals surface area contributed by atoms with E-state index in [1.807, 2.05) is 0 Å². The molecular formula is C12H18N2O3. The van der Waals surface area contributed by atoms with E-state index in [-0.39, 0.29) is 11.4 Å². The van der Waals surface area contributed by atoms with Gasteiger partial charge in [-0.2, -0.15) is 4.98 Å². The van der Waals surface area contributed by atoms with Gasteiger partial charge in [0.15, 0.2) is 0 Å². The van der Waals surface area contributed by atoms with Gasteiger partial charge in [0.1, 0.15) is 11.4 Å². The first kappa shape index (κ1) is 12.1. The van der Waals surface area contributed by atoms with E-state index in [0.29, 0.717) is 11.7 Å². The van der Waals surface area contributed by atoms with Crippen molar-refractivity contribution in [2.45, 2.75) is 38.2 Å². The van der Waals surface area contributed by atoms with Gasteiger partial charge in [0.2, 0.25) is 5.88 Å². The molecule has 0 aromatic carbocycles. The van der Waals surface area contributed by atoms with E-state index in [2.05, 4.69) is 16.9 Å². The Labute approximate surface area is 99.9 Å². The Bertz CT molecular complexity index is 457.